The first-order valence-electron chi connectivity index (χ1n) is 11.7. The molecule has 1 aromatic carbocycles. The summed E-state index contributed by atoms with van der Waals surface area (Å²) in [4.78, 5) is 28.2. The van der Waals surface area contributed by atoms with E-state index in [1.165, 1.54) is 0 Å². The number of aryl methyl sites for hydroxylation is 2. The number of carboxylic acids is 1. The first-order valence-corrected chi connectivity index (χ1v) is 11.7. The minimum Gasteiger partial charge on any atom is -0.477 e. The molecule has 1 aliphatic heterocycles. The molecule has 13 heteroatoms. The van der Waals surface area contributed by atoms with Gasteiger partial charge in [0.05, 0.1) is 23.0 Å². The lowest BCUT2D eigenvalue weighted by molar-refractivity contribution is 0.0455. The zero-order valence-corrected chi connectivity index (χ0v) is 20.0. The Hall–Kier alpha value is -3.74. The molecule has 0 unspecified atom stereocenters. The summed E-state index contributed by atoms with van der Waals surface area (Å²) in [5, 5.41) is 17.3. The average molecular weight is 524 g/mol. The van der Waals surface area contributed by atoms with Crippen molar-refractivity contribution in [3.05, 3.63) is 51.9 Å². The van der Waals surface area contributed by atoms with Crippen LogP contribution in [0, 0.1) is 23.3 Å². The molecule has 2 aromatic heterocycles. The second-order valence-electron chi connectivity index (χ2n) is 8.38. The smallest absolute Gasteiger partial charge is 0.344 e. The fourth-order valence-electron chi connectivity index (χ4n) is 4.27. The number of carboxylic acid groups (broad SMARTS) is 1. The lowest BCUT2D eigenvalue weighted by Gasteiger charge is -2.26. The van der Waals surface area contributed by atoms with Crippen molar-refractivity contribution >= 4 is 28.7 Å². The Morgan fingerprint density at radius 3 is 2.30 bits per heavy atom. The van der Waals surface area contributed by atoms with Gasteiger partial charge in [0.25, 0.3) is 0 Å². The topological polar surface area (TPSA) is 116 Å². The quantitative estimate of drug-likeness (QED) is 0.256. The predicted molar refractivity (Wildman–Crippen MR) is 122 cm³/mol. The van der Waals surface area contributed by atoms with Gasteiger partial charge in [0.2, 0.25) is 0 Å². The molecule has 1 fully saturated rings. The number of hydrogen-bond acceptors (Lipinski definition) is 7. The maximum absolute atomic E-state index is 14.4. The number of anilines is 1. The molecule has 3 heterocycles. The van der Waals surface area contributed by atoms with E-state index in [1.54, 1.807) is 10.9 Å². The van der Waals surface area contributed by atoms with Gasteiger partial charge in [-0.05, 0) is 26.2 Å². The van der Waals surface area contributed by atoms with E-state index < -0.39 is 52.9 Å². The van der Waals surface area contributed by atoms with Gasteiger partial charge in [-0.2, -0.15) is 5.10 Å². The van der Waals surface area contributed by atoms with E-state index in [0.717, 1.165) is 0 Å². The summed E-state index contributed by atoms with van der Waals surface area (Å²) < 4.78 is 69.3. The number of nitrogens with zero attached hydrogens (tertiary/aromatic N) is 3. The largest absolute Gasteiger partial charge is 0.477 e. The van der Waals surface area contributed by atoms with E-state index in [9.17, 15) is 27.2 Å². The number of hydrogen-bond donors (Lipinski definition) is 2. The normalized spacial score (nSPS) is 14.2. The van der Waals surface area contributed by atoms with Crippen molar-refractivity contribution in [3.8, 4) is 0 Å². The van der Waals surface area contributed by atoms with Crippen LogP contribution in [0.2, 0.25) is 0 Å². The van der Waals surface area contributed by atoms with Gasteiger partial charge in [-0.15, -0.1) is 0 Å². The first-order chi connectivity index (χ1) is 17.7. The Balaban J connectivity index is 1.73. The fourth-order valence-corrected chi connectivity index (χ4v) is 4.27. The van der Waals surface area contributed by atoms with E-state index in [0.29, 0.717) is 67.0 Å². The van der Waals surface area contributed by atoms with E-state index in [2.05, 4.69) is 15.4 Å². The number of nitrogens with one attached hydrogen (secondary N) is 1. The summed E-state index contributed by atoms with van der Waals surface area (Å²) in [5.74, 6) is -12.6. The third kappa shape index (κ3) is 4.82. The molecule has 0 spiro atoms. The van der Waals surface area contributed by atoms with E-state index >= 15 is 0 Å². The van der Waals surface area contributed by atoms with Gasteiger partial charge in [-0.3, -0.25) is 0 Å². The molecular weight excluding hydrogens is 500 g/mol. The Bertz CT molecular complexity index is 1340. The summed E-state index contributed by atoms with van der Waals surface area (Å²) in [6.45, 7) is 4.83. The minimum atomic E-state index is -2.23. The van der Waals surface area contributed by atoms with Gasteiger partial charge in [0.15, 0.2) is 28.9 Å². The number of carbonyl (C=O) groups is 2. The summed E-state index contributed by atoms with van der Waals surface area (Å²) in [5.41, 5.74) is -1.41. The molecule has 0 saturated carbocycles. The average Bonchev–Trinajstić information content (AvgIpc) is 3.30. The fraction of sp³-hybridized carbons (Fsp3) is 0.417. The number of benzene rings is 1. The SMILES string of the molecule is CCc1nc2c(cnn2CC)c(NC2CCOCC2)c1COC(=O)c1c(F)c(F)c(C(=O)O)c(F)c1F. The standard InChI is InChI=1S/C24H24F4N4O5/c1-3-14-13(10-37-24(35)16-19(27)17(25)15(23(33)34)18(26)20(16)28)21(30-11-5-7-36-8-6-11)12-9-29-32(4-2)22(12)31-14/h9,11H,3-8,10H2,1-2H3,(H,30,31)(H,33,34). The zero-order chi connectivity index (χ0) is 26.9. The monoisotopic (exact) mass is 524 g/mol. The lowest BCUT2D eigenvalue weighted by Crippen LogP contribution is -2.29. The number of aromatic carboxylic acids is 1. The maximum Gasteiger partial charge on any atom is 0.344 e. The Morgan fingerprint density at radius 1 is 1.11 bits per heavy atom. The molecule has 1 aliphatic rings. The first kappa shape index (κ1) is 26.3. The van der Waals surface area contributed by atoms with Gasteiger partial charge >= 0.3 is 11.9 Å². The number of esters is 1. The van der Waals surface area contributed by atoms with Crippen LogP contribution >= 0.6 is 0 Å². The molecule has 0 radical (unpaired) electrons. The van der Waals surface area contributed by atoms with Crippen molar-refractivity contribution in [1.82, 2.24) is 14.8 Å². The van der Waals surface area contributed by atoms with Crippen molar-refractivity contribution < 1.29 is 41.7 Å². The van der Waals surface area contributed by atoms with Gasteiger partial charge in [-0.1, -0.05) is 6.92 Å². The second-order valence-corrected chi connectivity index (χ2v) is 8.38. The van der Waals surface area contributed by atoms with Gasteiger partial charge < -0.3 is 19.9 Å². The number of halogens is 4. The molecular formula is C24H24F4N4O5. The molecule has 0 amide bonds. The summed E-state index contributed by atoms with van der Waals surface area (Å²) in [6.07, 6.45) is 3.42. The van der Waals surface area contributed by atoms with Crippen molar-refractivity contribution in [1.29, 1.82) is 0 Å². The third-order valence-corrected chi connectivity index (χ3v) is 6.21. The van der Waals surface area contributed by atoms with Crippen LogP contribution in [-0.4, -0.2) is 51.1 Å². The number of pyridine rings is 1. The highest BCUT2D eigenvalue weighted by Crippen LogP contribution is 2.32. The van der Waals surface area contributed by atoms with Crippen LogP contribution < -0.4 is 5.32 Å². The van der Waals surface area contributed by atoms with Crippen LogP contribution in [0.25, 0.3) is 11.0 Å². The second kappa shape index (κ2) is 10.7. The molecule has 0 bridgehead atoms. The van der Waals surface area contributed by atoms with Crippen LogP contribution in [-0.2, 0) is 29.0 Å². The van der Waals surface area contributed by atoms with Crippen LogP contribution in [0.15, 0.2) is 6.20 Å². The predicted octanol–water partition coefficient (Wildman–Crippen LogP) is 4.22. The van der Waals surface area contributed by atoms with Crippen molar-refractivity contribution in [3.63, 3.8) is 0 Å². The molecule has 1 saturated heterocycles. The van der Waals surface area contributed by atoms with E-state index in [4.69, 9.17) is 14.6 Å². The van der Waals surface area contributed by atoms with Crippen LogP contribution in [0.5, 0.6) is 0 Å². The highest BCUT2D eigenvalue weighted by atomic mass is 19.2. The van der Waals surface area contributed by atoms with Gasteiger partial charge in [-0.25, -0.2) is 36.8 Å². The van der Waals surface area contributed by atoms with Crippen molar-refractivity contribution in [2.75, 3.05) is 18.5 Å². The number of ether oxygens (including phenoxy) is 2. The third-order valence-electron chi connectivity index (χ3n) is 6.21. The number of fused-ring (bicyclic) bond motifs is 1. The molecule has 3 aromatic rings. The van der Waals surface area contributed by atoms with E-state index in [1.807, 2.05) is 13.8 Å². The summed E-state index contributed by atoms with van der Waals surface area (Å²) in [6, 6.07) is 0.0186. The number of aromatic nitrogens is 3. The van der Waals surface area contributed by atoms with Crippen molar-refractivity contribution in [2.45, 2.75) is 52.3 Å². The minimum absolute atomic E-state index is 0.0186. The highest BCUT2D eigenvalue weighted by Gasteiger charge is 2.33. The number of rotatable bonds is 8. The Labute approximate surface area is 208 Å². The molecule has 37 heavy (non-hydrogen) atoms. The Kier molecular flexibility index (Phi) is 7.62. The molecule has 0 aliphatic carbocycles. The molecule has 2 N–H and O–H groups in total. The number of carbonyl (C=O) groups excluding carboxylic acids is 1. The summed E-state index contributed by atoms with van der Waals surface area (Å²) in [7, 11) is 0. The van der Waals surface area contributed by atoms with Crippen molar-refractivity contribution in [2.24, 2.45) is 0 Å². The summed E-state index contributed by atoms with van der Waals surface area (Å²) >= 11 is 0. The zero-order valence-electron chi connectivity index (χ0n) is 20.0. The Morgan fingerprint density at radius 2 is 1.73 bits per heavy atom. The van der Waals surface area contributed by atoms with Crippen LogP contribution in [0.1, 0.15) is 58.7 Å². The maximum atomic E-state index is 14.4. The molecule has 198 valence electrons. The molecule has 9 nitrogen and oxygen atoms in total. The van der Waals surface area contributed by atoms with Crippen LogP contribution in [0.4, 0.5) is 23.2 Å². The van der Waals surface area contributed by atoms with Gasteiger partial charge in [0, 0.05) is 31.4 Å². The highest BCUT2D eigenvalue weighted by molar-refractivity contribution is 5.94. The lowest BCUT2D eigenvalue weighted by atomic mass is 10.0. The van der Waals surface area contributed by atoms with Crippen LogP contribution in [0.3, 0.4) is 0 Å². The molecule has 0 atom stereocenters. The van der Waals surface area contributed by atoms with E-state index in [-0.39, 0.29) is 6.04 Å². The molecule has 4 rings (SSSR count). The van der Waals surface area contributed by atoms with Gasteiger partial charge in [0.1, 0.15) is 17.7 Å².